The first-order valence-electron chi connectivity index (χ1n) is 5.20. The molecule has 0 bridgehead atoms. The summed E-state index contributed by atoms with van der Waals surface area (Å²) >= 11 is 0. The van der Waals surface area contributed by atoms with Gasteiger partial charge in [-0.05, 0) is 33.1 Å². The van der Waals surface area contributed by atoms with Gasteiger partial charge in [-0.2, -0.15) is 0 Å². The number of hydrogen-bond donors (Lipinski definition) is 1. The molecule has 1 atom stereocenters. The molecule has 70 valence electrons. The van der Waals surface area contributed by atoms with Crippen LogP contribution >= 0.6 is 0 Å². The molecule has 2 aliphatic rings. The first kappa shape index (κ1) is 8.52. The summed E-state index contributed by atoms with van der Waals surface area (Å²) in [4.78, 5) is 2.70. The maximum absolute atomic E-state index is 3.44. The monoisotopic (exact) mass is 168 g/mol. The van der Waals surface area contributed by atoms with Crippen LogP contribution in [0.5, 0.6) is 0 Å². The van der Waals surface area contributed by atoms with Crippen molar-refractivity contribution in [3.63, 3.8) is 0 Å². The molecule has 1 unspecified atom stereocenters. The van der Waals surface area contributed by atoms with Gasteiger partial charge in [0.2, 0.25) is 0 Å². The van der Waals surface area contributed by atoms with Crippen molar-refractivity contribution in [1.82, 2.24) is 10.2 Å². The summed E-state index contributed by atoms with van der Waals surface area (Å²) in [6, 6.07) is 0.740. The highest BCUT2D eigenvalue weighted by Crippen LogP contribution is 2.38. The van der Waals surface area contributed by atoms with Gasteiger partial charge >= 0.3 is 0 Å². The van der Waals surface area contributed by atoms with Crippen LogP contribution in [0.1, 0.15) is 33.1 Å². The van der Waals surface area contributed by atoms with Crippen LogP contribution in [0.4, 0.5) is 0 Å². The van der Waals surface area contributed by atoms with Crippen molar-refractivity contribution < 1.29 is 0 Å². The molecule has 0 amide bonds. The Balaban J connectivity index is 2.00. The summed E-state index contributed by atoms with van der Waals surface area (Å²) in [7, 11) is 0. The van der Waals surface area contributed by atoms with Crippen molar-refractivity contribution >= 4 is 0 Å². The lowest BCUT2D eigenvalue weighted by Crippen LogP contribution is -2.61. The van der Waals surface area contributed by atoms with E-state index in [1.54, 1.807) is 0 Å². The van der Waals surface area contributed by atoms with Gasteiger partial charge in [-0.3, -0.25) is 4.90 Å². The van der Waals surface area contributed by atoms with Gasteiger partial charge in [0, 0.05) is 31.2 Å². The Bertz CT molecular complexity index is 163. The fraction of sp³-hybridized carbons (Fsp3) is 1.00. The molecule has 1 saturated carbocycles. The van der Waals surface area contributed by atoms with Gasteiger partial charge < -0.3 is 5.32 Å². The summed E-state index contributed by atoms with van der Waals surface area (Å²) < 4.78 is 0. The van der Waals surface area contributed by atoms with Crippen LogP contribution in [0.15, 0.2) is 0 Å². The van der Waals surface area contributed by atoms with Crippen molar-refractivity contribution in [2.24, 2.45) is 0 Å². The minimum Gasteiger partial charge on any atom is -0.314 e. The van der Waals surface area contributed by atoms with Crippen LogP contribution < -0.4 is 5.32 Å². The number of nitrogens with one attached hydrogen (secondary N) is 1. The van der Waals surface area contributed by atoms with E-state index in [-0.39, 0.29) is 0 Å². The molecule has 1 aliphatic carbocycles. The molecule has 0 radical (unpaired) electrons. The summed E-state index contributed by atoms with van der Waals surface area (Å²) in [5.41, 5.74) is 0.557. The fourth-order valence-electron chi connectivity index (χ4n) is 2.62. The highest BCUT2D eigenvalue weighted by atomic mass is 15.3. The summed E-state index contributed by atoms with van der Waals surface area (Å²) in [6.07, 6.45) is 4.27. The lowest BCUT2D eigenvalue weighted by molar-refractivity contribution is -0.00971. The molecule has 1 N–H and O–H groups in total. The van der Waals surface area contributed by atoms with Crippen molar-refractivity contribution in [2.45, 2.75) is 44.7 Å². The van der Waals surface area contributed by atoms with E-state index in [1.807, 2.05) is 0 Å². The minimum atomic E-state index is 0.557. The zero-order valence-corrected chi connectivity index (χ0v) is 8.27. The quantitative estimate of drug-likeness (QED) is 0.633. The van der Waals surface area contributed by atoms with Crippen LogP contribution in [0.2, 0.25) is 0 Å². The Morgan fingerprint density at radius 1 is 1.42 bits per heavy atom. The molecule has 0 spiro atoms. The third kappa shape index (κ3) is 1.27. The van der Waals surface area contributed by atoms with E-state index in [2.05, 4.69) is 24.1 Å². The van der Waals surface area contributed by atoms with Gasteiger partial charge in [-0.1, -0.05) is 0 Å². The van der Waals surface area contributed by atoms with E-state index in [1.165, 1.54) is 38.9 Å². The lowest BCUT2D eigenvalue weighted by Gasteiger charge is -2.52. The topological polar surface area (TPSA) is 15.3 Å². The zero-order valence-electron chi connectivity index (χ0n) is 8.27. The molecule has 1 aliphatic heterocycles. The standard InChI is InChI=1S/C10H20N2/c1-9-8-11-6-7-12(9)10(2)4-3-5-10/h9,11H,3-8H2,1-2H3. The smallest absolute Gasteiger partial charge is 0.0198 e. The molecule has 2 heteroatoms. The van der Waals surface area contributed by atoms with Crippen molar-refractivity contribution in [2.75, 3.05) is 19.6 Å². The van der Waals surface area contributed by atoms with Crippen molar-refractivity contribution in [3.05, 3.63) is 0 Å². The summed E-state index contributed by atoms with van der Waals surface area (Å²) in [6.45, 7) is 8.38. The van der Waals surface area contributed by atoms with Crippen LogP contribution in [-0.2, 0) is 0 Å². The Hall–Kier alpha value is -0.0800. The number of hydrogen-bond acceptors (Lipinski definition) is 2. The fourth-order valence-corrected chi connectivity index (χ4v) is 2.62. The average Bonchev–Trinajstić information content (AvgIpc) is 2.01. The molecule has 0 aromatic rings. The van der Waals surface area contributed by atoms with Gasteiger partial charge in [0.25, 0.3) is 0 Å². The van der Waals surface area contributed by atoms with Gasteiger partial charge in [0.15, 0.2) is 0 Å². The molecule has 2 fully saturated rings. The van der Waals surface area contributed by atoms with Crippen LogP contribution in [0, 0.1) is 0 Å². The van der Waals surface area contributed by atoms with E-state index in [0.717, 1.165) is 6.04 Å². The van der Waals surface area contributed by atoms with Crippen LogP contribution in [0.25, 0.3) is 0 Å². The van der Waals surface area contributed by atoms with E-state index >= 15 is 0 Å². The largest absolute Gasteiger partial charge is 0.314 e. The maximum Gasteiger partial charge on any atom is 0.0198 e. The average molecular weight is 168 g/mol. The zero-order chi connectivity index (χ0) is 8.60. The van der Waals surface area contributed by atoms with E-state index in [0.29, 0.717) is 5.54 Å². The van der Waals surface area contributed by atoms with E-state index in [4.69, 9.17) is 0 Å². The normalized spacial score (nSPS) is 36.0. The van der Waals surface area contributed by atoms with E-state index in [9.17, 15) is 0 Å². The molecule has 2 rings (SSSR count). The number of rotatable bonds is 1. The minimum absolute atomic E-state index is 0.557. The van der Waals surface area contributed by atoms with E-state index < -0.39 is 0 Å². The Labute approximate surface area is 75.3 Å². The molecular weight excluding hydrogens is 148 g/mol. The predicted molar refractivity (Wildman–Crippen MR) is 51.3 cm³/mol. The maximum atomic E-state index is 3.44. The van der Waals surface area contributed by atoms with Gasteiger partial charge in [0.1, 0.15) is 0 Å². The highest BCUT2D eigenvalue weighted by Gasteiger charge is 2.40. The SMILES string of the molecule is CC1CNCCN1C1(C)CCC1. The molecule has 0 aromatic heterocycles. The Morgan fingerprint density at radius 3 is 2.67 bits per heavy atom. The second-order valence-electron chi connectivity index (χ2n) is 4.60. The van der Waals surface area contributed by atoms with Crippen LogP contribution in [0.3, 0.4) is 0 Å². The second kappa shape index (κ2) is 3.00. The summed E-state index contributed by atoms with van der Waals surface area (Å²) in [5, 5.41) is 3.44. The molecular formula is C10H20N2. The Morgan fingerprint density at radius 2 is 2.17 bits per heavy atom. The molecule has 12 heavy (non-hydrogen) atoms. The third-order valence-electron chi connectivity index (χ3n) is 3.63. The third-order valence-corrected chi connectivity index (χ3v) is 3.63. The summed E-state index contributed by atoms with van der Waals surface area (Å²) in [5.74, 6) is 0. The second-order valence-corrected chi connectivity index (χ2v) is 4.60. The molecule has 1 saturated heterocycles. The van der Waals surface area contributed by atoms with Gasteiger partial charge in [0.05, 0.1) is 0 Å². The first-order chi connectivity index (χ1) is 5.72. The van der Waals surface area contributed by atoms with Crippen molar-refractivity contribution in [1.29, 1.82) is 0 Å². The lowest BCUT2D eigenvalue weighted by atomic mass is 9.76. The van der Waals surface area contributed by atoms with Crippen LogP contribution in [-0.4, -0.2) is 36.1 Å². The number of piperazine rings is 1. The first-order valence-corrected chi connectivity index (χ1v) is 5.20. The highest BCUT2D eigenvalue weighted by molar-refractivity contribution is 4.97. The molecule has 1 heterocycles. The van der Waals surface area contributed by atoms with Crippen molar-refractivity contribution in [3.8, 4) is 0 Å². The number of nitrogens with zero attached hydrogens (tertiary/aromatic N) is 1. The Kier molecular flexibility index (Phi) is 2.13. The molecule has 2 nitrogen and oxygen atoms in total. The van der Waals surface area contributed by atoms with Gasteiger partial charge in [-0.15, -0.1) is 0 Å². The van der Waals surface area contributed by atoms with Gasteiger partial charge in [-0.25, -0.2) is 0 Å². The predicted octanol–water partition coefficient (Wildman–Crippen LogP) is 1.22. The molecule has 0 aromatic carbocycles.